The third kappa shape index (κ3) is 3.91. The van der Waals surface area contributed by atoms with Gasteiger partial charge in [0.2, 0.25) is 5.78 Å². The van der Waals surface area contributed by atoms with Gasteiger partial charge in [0.25, 0.3) is 0 Å². The molecule has 0 atom stereocenters. The number of ketones is 1. The molecule has 0 aliphatic heterocycles. The molecule has 24 heavy (non-hydrogen) atoms. The first-order chi connectivity index (χ1) is 11.5. The molecule has 3 N–H and O–H groups in total. The van der Waals surface area contributed by atoms with Gasteiger partial charge in [-0.25, -0.2) is 13.8 Å². The largest absolute Gasteiger partial charge is 0.505 e. The first-order valence-corrected chi connectivity index (χ1v) is 6.94. The van der Waals surface area contributed by atoms with Crippen molar-refractivity contribution in [1.82, 2.24) is 4.98 Å². The molecule has 2 aromatic rings. The zero-order valence-corrected chi connectivity index (χ0v) is 12.5. The van der Waals surface area contributed by atoms with Crippen molar-refractivity contribution in [2.75, 3.05) is 6.61 Å². The highest BCUT2D eigenvalue weighted by molar-refractivity contribution is 5.97. The molecule has 0 aliphatic carbocycles. The normalized spacial score (nSPS) is 10.8. The second-order valence-corrected chi connectivity index (χ2v) is 4.93. The lowest BCUT2D eigenvalue weighted by atomic mass is 10.1. The van der Waals surface area contributed by atoms with Crippen molar-refractivity contribution in [2.24, 2.45) is 0 Å². The summed E-state index contributed by atoms with van der Waals surface area (Å²) in [6.07, 6.45) is 1.22. The quantitative estimate of drug-likeness (QED) is 0.660. The lowest BCUT2D eigenvalue weighted by molar-refractivity contribution is 0.0892. The lowest BCUT2D eigenvalue weighted by Crippen LogP contribution is -2.10. The van der Waals surface area contributed by atoms with Gasteiger partial charge in [0.1, 0.15) is 18.2 Å². The standard InChI is InChI=1S/C16H15F2NO5/c17-11-2-1-9(13(18)3-11)7-24-8-10-4-19-15(14(22)6-21)16(23)12(10)5-20/h1-4,20-21,23H,5-8H2. The van der Waals surface area contributed by atoms with Crippen molar-refractivity contribution in [3.05, 3.63) is 58.4 Å². The molecule has 0 fully saturated rings. The van der Waals surface area contributed by atoms with E-state index in [9.17, 15) is 23.8 Å². The summed E-state index contributed by atoms with van der Waals surface area (Å²) in [5.74, 6) is -2.77. The van der Waals surface area contributed by atoms with E-state index in [-0.39, 0.29) is 30.0 Å². The minimum atomic E-state index is -0.828. The third-order valence-electron chi connectivity index (χ3n) is 3.34. The Labute approximate surface area is 136 Å². The van der Waals surface area contributed by atoms with Gasteiger partial charge in [0, 0.05) is 29.0 Å². The monoisotopic (exact) mass is 339 g/mol. The van der Waals surface area contributed by atoms with Crippen LogP contribution in [0.2, 0.25) is 0 Å². The molecule has 0 saturated heterocycles. The SMILES string of the molecule is O=C(CO)c1ncc(COCc2ccc(F)cc2F)c(CO)c1O. The van der Waals surface area contributed by atoms with Crippen LogP contribution < -0.4 is 0 Å². The van der Waals surface area contributed by atoms with Crippen LogP contribution in [0, 0.1) is 11.6 Å². The number of aliphatic hydroxyl groups excluding tert-OH is 2. The Bertz CT molecular complexity index is 751. The number of rotatable bonds is 7. The van der Waals surface area contributed by atoms with Crippen molar-refractivity contribution >= 4 is 5.78 Å². The summed E-state index contributed by atoms with van der Waals surface area (Å²) >= 11 is 0. The van der Waals surface area contributed by atoms with E-state index in [1.54, 1.807) is 0 Å². The number of nitrogens with zero attached hydrogens (tertiary/aromatic N) is 1. The van der Waals surface area contributed by atoms with Gasteiger partial charge in [-0.3, -0.25) is 4.79 Å². The predicted molar refractivity (Wildman–Crippen MR) is 78.1 cm³/mol. The fourth-order valence-corrected chi connectivity index (χ4v) is 2.07. The fourth-order valence-electron chi connectivity index (χ4n) is 2.07. The number of carbonyl (C=O) groups is 1. The van der Waals surface area contributed by atoms with E-state index in [2.05, 4.69) is 4.98 Å². The first kappa shape index (κ1) is 17.9. The van der Waals surface area contributed by atoms with Crippen LogP contribution >= 0.6 is 0 Å². The van der Waals surface area contributed by atoms with Crippen molar-refractivity contribution in [3.63, 3.8) is 0 Å². The molecule has 128 valence electrons. The number of benzene rings is 1. The molecule has 0 saturated carbocycles. The second kappa shape index (κ2) is 7.91. The van der Waals surface area contributed by atoms with Gasteiger partial charge in [-0.15, -0.1) is 0 Å². The zero-order chi connectivity index (χ0) is 17.7. The van der Waals surface area contributed by atoms with E-state index >= 15 is 0 Å². The Morgan fingerprint density at radius 1 is 1.17 bits per heavy atom. The zero-order valence-electron chi connectivity index (χ0n) is 12.5. The second-order valence-electron chi connectivity index (χ2n) is 4.93. The van der Waals surface area contributed by atoms with E-state index < -0.39 is 36.4 Å². The van der Waals surface area contributed by atoms with Crippen LogP contribution in [0.5, 0.6) is 5.75 Å². The van der Waals surface area contributed by atoms with Crippen LogP contribution in [0.1, 0.15) is 27.2 Å². The number of aliphatic hydroxyl groups is 2. The van der Waals surface area contributed by atoms with E-state index in [4.69, 9.17) is 9.84 Å². The van der Waals surface area contributed by atoms with Gasteiger partial charge in [-0.05, 0) is 6.07 Å². The maximum absolute atomic E-state index is 13.5. The Morgan fingerprint density at radius 3 is 2.50 bits per heavy atom. The maximum Gasteiger partial charge on any atom is 0.210 e. The third-order valence-corrected chi connectivity index (χ3v) is 3.34. The minimum Gasteiger partial charge on any atom is -0.505 e. The number of ether oxygens (including phenoxy) is 1. The summed E-state index contributed by atoms with van der Waals surface area (Å²) in [5.41, 5.74) is 0.120. The van der Waals surface area contributed by atoms with Gasteiger partial charge < -0.3 is 20.1 Å². The predicted octanol–water partition coefficient (Wildman–Crippen LogP) is 1.45. The van der Waals surface area contributed by atoms with Gasteiger partial charge in [0.15, 0.2) is 11.4 Å². The number of hydrogen-bond donors (Lipinski definition) is 3. The molecule has 6 nitrogen and oxygen atoms in total. The number of pyridine rings is 1. The van der Waals surface area contributed by atoms with Crippen molar-refractivity contribution in [1.29, 1.82) is 0 Å². The van der Waals surface area contributed by atoms with E-state index in [1.807, 2.05) is 0 Å². The molecule has 0 bridgehead atoms. The molecule has 2 rings (SSSR count). The summed E-state index contributed by atoms with van der Waals surface area (Å²) in [5, 5.41) is 28.1. The summed E-state index contributed by atoms with van der Waals surface area (Å²) in [7, 11) is 0. The molecule has 0 aliphatic rings. The number of aromatic hydroxyl groups is 1. The Balaban J connectivity index is 2.12. The average Bonchev–Trinajstić information content (AvgIpc) is 2.56. The minimum absolute atomic E-state index is 0.0291. The number of carbonyl (C=O) groups excluding carboxylic acids is 1. The molecule has 0 radical (unpaired) electrons. The number of hydrogen-bond acceptors (Lipinski definition) is 6. The summed E-state index contributed by atoms with van der Waals surface area (Å²) in [6, 6.07) is 3.08. The van der Waals surface area contributed by atoms with E-state index in [1.165, 1.54) is 12.3 Å². The van der Waals surface area contributed by atoms with Crippen LogP contribution in [0.25, 0.3) is 0 Å². The van der Waals surface area contributed by atoms with Gasteiger partial charge in [-0.2, -0.15) is 0 Å². The molecular formula is C16H15F2NO5. The summed E-state index contributed by atoms with van der Waals surface area (Å²) < 4.78 is 31.6. The topological polar surface area (TPSA) is 99.9 Å². The van der Waals surface area contributed by atoms with Crippen LogP contribution in [0.4, 0.5) is 8.78 Å². The molecule has 8 heteroatoms. The Morgan fingerprint density at radius 2 is 1.88 bits per heavy atom. The molecule has 0 amide bonds. The molecular weight excluding hydrogens is 324 g/mol. The molecule has 1 heterocycles. The Kier molecular flexibility index (Phi) is 5.91. The maximum atomic E-state index is 13.5. The van der Waals surface area contributed by atoms with Crippen LogP contribution in [0.15, 0.2) is 24.4 Å². The highest BCUT2D eigenvalue weighted by Gasteiger charge is 2.18. The summed E-state index contributed by atoms with van der Waals surface area (Å²) in [6.45, 7) is -1.69. The fraction of sp³-hybridized carbons (Fsp3) is 0.250. The van der Waals surface area contributed by atoms with Crippen LogP contribution in [-0.4, -0.2) is 32.7 Å². The molecule has 0 unspecified atom stereocenters. The summed E-state index contributed by atoms with van der Waals surface area (Å²) in [4.78, 5) is 15.2. The van der Waals surface area contributed by atoms with Crippen molar-refractivity contribution in [3.8, 4) is 5.75 Å². The highest BCUT2D eigenvalue weighted by Crippen LogP contribution is 2.25. The smallest absolute Gasteiger partial charge is 0.210 e. The van der Waals surface area contributed by atoms with E-state index in [0.717, 1.165) is 12.1 Å². The van der Waals surface area contributed by atoms with Crippen molar-refractivity contribution in [2.45, 2.75) is 19.8 Å². The molecule has 1 aromatic carbocycles. The highest BCUT2D eigenvalue weighted by atomic mass is 19.1. The number of Topliss-reactive ketones (excluding diaryl/α,β-unsaturated/α-hetero) is 1. The van der Waals surface area contributed by atoms with Crippen molar-refractivity contribution < 1.29 is 33.6 Å². The van der Waals surface area contributed by atoms with Gasteiger partial charge in [0.05, 0.1) is 19.8 Å². The lowest BCUT2D eigenvalue weighted by Gasteiger charge is -2.12. The van der Waals surface area contributed by atoms with Gasteiger partial charge in [-0.1, -0.05) is 6.07 Å². The van der Waals surface area contributed by atoms with Gasteiger partial charge >= 0.3 is 0 Å². The molecule has 0 spiro atoms. The Hall–Kier alpha value is -2.42. The average molecular weight is 339 g/mol. The van der Waals surface area contributed by atoms with Crippen LogP contribution in [0.3, 0.4) is 0 Å². The number of halogens is 2. The number of aromatic nitrogens is 1. The first-order valence-electron chi connectivity index (χ1n) is 6.94. The van der Waals surface area contributed by atoms with Crippen LogP contribution in [-0.2, 0) is 24.6 Å². The molecule has 1 aromatic heterocycles. The van der Waals surface area contributed by atoms with E-state index in [0.29, 0.717) is 5.56 Å².